The number of likely N-dealkylation sites (tertiary alicyclic amines) is 1. The molecular weight excluding hydrogens is 136 g/mol. The van der Waals surface area contributed by atoms with Crippen LogP contribution in [0.4, 0.5) is 0 Å². The molecule has 1 aliphatic carbocycles. The van der Waals surface area contributed by atoms with Crippen LogP contribution in [0.15, 0.2) is 0 Å². The van der Waals surface area contributed by atoms with Crippen molar-refractivity contribution in [3.63, 3.8) is 0 Å². The average Bonchev–Trinajstić information content (AvgIpc) is 2.66. The predicted molar refractivity (Wildman–Crippen MR) is 46.7 cm³/mol. The Labute approximate surface area is 69.0 Å². The van der Waals surface area contributed by atoms with E-state index in [0.29, 0.717) is 0 Å². The molecule has 1 N–H and O–H groups in total. The first-order valence-electron chi connectivity index (χ1n) is 4.91. The van der Waals surface area contributed by atoms with Crippen molar-refractivity contribution >= 4 is 0 Å². The summed E-state index contributed by atoms with van der Waals surface area (Å²) < 4.78 is 0. The van der Waals surface area contributed by atoms with E-state index in [2.05, 4.69) is 10.2 Å². The van der Waals surface area contributed by atoms with Gasteiger partial charge >= 0.3 is 0 Å². The van der Waals surface area contributed by atoms with E-state index in [9.17, 15) is 0 Å². The molecule has 0 aromatic carbocycles. The first-order chi connectivity index (χ1) is 5.45. The lowest BCUT2D eigenvalue weighted by Gasteiger charge is -2.14. The number of hydrogen-bond donors (Lipinski definition) is 1. The number of nitrogens with zero attached hydrogens (tertiary/aromatic N) is 1. The monoisotopic (exact) mass is 154 g/mol. The third-order valence-corrected chi connectivity index (χ3v) is 2.64. The SMILES string of the molecule is C1CCN(CCNC2CC2)C1. The van der Waals surface area contributed by atoms with Crippen LogP contribution in [0.25, 0.3) is 0 Å². The molecule has 1 saturated carbocycles. The summed E-state index contributed by atoms with van der Waals surface area (Å²) in [5.41, 5.74) is 0. The molecule has 0 aromatic rings. The molecule has 11 heavy (non-hydrogen) atoms. The summed E-state index contributed by atoms with van der Waals surface area (Å²) in [6.45, 7) is 5.17. The molecule has 0 amide bonds. The second-order valence-electron chi connectivity index (χ2n) is 3.78. The van der Waals surface area contributed by atoms with E-state index in [1.54, 1.807) is 0 Å². The minimum absolute atomic E-state index is 0.887. The van der Waals surface area contributed by atoms with Gasteiger partial charge in [0.1, 0.15) is 0 Å². The highest BCUT2D eigenvalue weighted by molar-refractivity contribution is 4.81. The van der Waals surface area contributed by atoms with Gasteiger partial charge in [0.05, 0.1) is 0 Å². The normalized spacial score (nSPS) is 26.2. The topological polar surface area (TPSA) is 15.3 Å². The number of rotatable bonds is 4. The zero-order valence-corrected chi connectivity index (χ0v) is 7.18. The standard InChI is InChI=1S/C9H18N2/c1-2-7-11(6-1)8-5-10-9-3-4-9/h9-10H,1-8H2. The molecule has 2 heteroatoms. The molecule has 1 aliphatic heterocycles. The maximum absolute atomic E-state index is 3.54. The van der Waals surface area contributed by atoms with Gasteiger partial charge in [0.25, 0.3) is 0 Å². The highest BCUT2D eigenvalue weighted by Gasteiger charge is 2.20. The Kier molecular flexibility index (Phi) is 2.44. The van der Waals surface area contributed by atoms with Crippen LogP contribution in [0.2, 0.25) is 0 Å². The van der Waals surface area contributed by atoms with Crippen molar-refractivity contribution in [2.75, 3.05) is 26.2 Å². The van der Waals surface area contributed by atoms with Crippen LogP contribution in [0.5, 0.6) is 0 Å². The van der Waals surface area contributed by atoms with Gasteiger partial charge in [-0.2, -0.15) is 0 Å². The summed E-state index contributed by atoms with van der Waals surface area (Å²) in [6, 6.07) is 0.887. The van der Waals surface area contributed by atoms with Crippen LogP contribution < -0.4 is 5.32 Å². The summed E-state index contributed by atoms with van der Waals surface area (Å²) in [4.78, 5) is 2.56. The minimum atomic E-state index is 0.887. The summed E-state index contributed by atoms with van der Waals surface area (Å²) >= 11 is 0. The lowest BCUT2D eigenvalue weighted by molar-refractivity contribution is 0.335. The lowest BCUT2D eigenvalue weighted by atomic mass is 10.4. The van der Waals surface area contributed by atoms with Crippen LogP contribution in [-0.2, 0) is 0 Å². The van der Waals surface area contributed by atoms with Gasteiger partial charge in [0.15, 0.2) is 0 Å². The molecule has 2 nitrogen and oxygen atoms in total. The maximum atomic E-state index is 3.54. The zero-order chi connectivity index (χ0) is 7.52. The molecule has 1 heterocycles. The van der Waals surface area contributed by atoms with Gasteiger partial charge in [-0.25, -0.2) is 0 Å². The molecule has 0 radical (unpaired) electrons. The van der Waals surface area contributed by atoms with Gasteiger partial charge in [0.2, 0.25) is 0 Å². The molecule has 0 bridgehead atoms. The first-order valence-corrected chi connectivity index (χ1v) is 4.91. The fraction of sp³-hybridized carbons (Fsp3) is 1.00. The largest absolute Gasteiger partial charge is 0.313 e. The van der Waals surface area contributed by atoms with Crippen LogP contribution in [-0.4, -0.2) is 37.1 Å². The third-order valence-electron chi connectivity index (χ3n) is 2.64. The predicted octanol–water partition coefficient (Wildman–Crippen LogP) is 0.834. The number of nitrogens with one attached hydrogen (secondary N) is 1. The van der Waals surface area contributed by atoms with Crippen molar-refractivity contribution in [1.82, 2.24) is 10.2 Å². The summed E-state index contributed by atoms with van der Waals surface area (Å²) in [6.07, 6.45) is 5.67. The Morgan fingerprint density at radius 2 is 1.91 bits per heavy atom. The fourth-order valence-electron chi connectivity index (χ4n) is 1.72. The Balaban J connectivity index is 1.51. The van der Waals surface area contributed by atoms with Crippen LogP contribution in [0.1, 0.15) is 25.7 Å². The van der Waals surface area contributed by atoms with E-state index >= 15 is 0 Å². The highest BCUT2D eigenvalue weighted by Crippen LogP contribution is 2.18. The van der Waals surface area contributed by atoms with Crippen molar-refractivity contribution in [1.29, 1.82) is 0 Å². The highest BCUT2D eigenvalue weighted by atomic mass is 15.2. The van der Waals surface area contributed by atoms with E-state index in [1.807, 2.05) is 0 Å². The van der Waals surface area contributed by atoms with E-state index < -0.39 is 0 Å². The summed E-state index contributed by atoms with van der Waals surface area (Å²) in [7, 11) is 0. The molecule has 0 unspecified atom stereocenters. The van der Waals surface area contributed by atoms with Crippen LogP contribution in [0.3, 0.4) is 0 Å². The smallest absolute Gasteiger partial charge is 0.0107 e. The maximum Gasteiger partial charge on any atom is 0.0107 e. The first kappa shape index (κ1) is 7.56. The zero-order valence-electron chi connectivity index (χ0n) is 7.18. The van der Waals surface area contributed by atoms with Gasteiger partial charge in [-0.3, -0.25) is 0 Å². The minimum Gasteiger partial charge on any atom is -0.313 e. The summed E-state index contributed by atoms with van der Waals surface area (Å²) in [5, 5.41) is 3.54. The number of hydrogen-bond acceptors (Lipinski definition) is 2. The quantitative estimate of drug-likeness (QED) is 0.645. The summed E-state index contributed by atoms with van der Waals surface area (Å²) in [5.74, 6) is 0. The van der Waals surface area contributed by atoms with Gasteiger partial charge in [0, 0.05) is 19.1 Å². The average molecular weight is 154 g/mol. The molecule has 1 saturated heterocycles. The molecule has 2 fully saturated rings. The van der Waals surface area contributed by atoms with Crippen molar-refractivity contribution in [2.24, 2.45) is 0 Å². The van der Waals surface area contributed by atoms with E-state index in [4.69, 9.17) is 0 Å². The van der Waals surface area contributed by atoms with Gasteiger partial charge in [-0.15, -0.1) is 0 Å². The Morgan fingerprint density at radius 3 is 2.55 bits per heavy atom. The van der Waals surface area contributed by atoms with E-state index in [-0.39, 0.29) is 0 Å². The fourth-order valence-corrected chi connectivity index (χ4v) is 1.72. The van der Waals surface area contributed by atoms with Crippen LogP contribution >= 0.6 is 0 Å². The Bertz CT molecular complexity index is 115. The van der Waals surface area contributed by atoms with Gasteiger partial charge in [-0.05, 0) is 38.8 Å². The molecule has 2 rings (SSSR count). The Morgan fingerprint density at radius 1 is 1.18 bits per heavy atom. The third kappa shape index (κ3) is 2.46. The van der Waals surface area contributed by atoms with E-state index in [0.717, 1.165) is 6.04 Å². The van der Waals surface area contributed by atoms with Gasteiger partial charge in [-0.1, -0.05) is 0 Å². The van der Waals surface area contributed by atoms with Crippen molar-refractivity contribution in [2.45, 2.75) is 31.7 Å². The Hall–Kier alpha value is -0.0800. The molecule has 2 aliphatic rings. The molecule has 0 aromatic heterocycles. The molecule has 0 spiro atoms. The molecule has 0 atom stereocenters. The molecule has 64 valence electrons. The van der Waals surface area contributed by atoms with Crippen molar-refractivity contribution in [3.05, 3.63) is 0 Å². The van der Waals surface area contributed by atoms with Gasteiger partial charge < -0.3 is 10.2 Å². The van der Waals surface area contributed by atoms with Crippen molar-refractivity contribution < 1.29 is 0 Å². The second-order valence-corrected chi connectivity index (χ2v) is 3.78. The van der Waals surface area contributed by atoms with E-state index in [1.165, 1.54) is 51.9 Å². The van der Waals surface area contributed by atoms with Crippen LogP contribution in [0, 0.1) is 0 Å². The van der Waals surface area contributed by atoms with Crippen molar-refractivity contribution in [3.8, 4) is 0 Å². The molecular formula is C9H18N2. The lowest BCUT2D eigenvalue weighted by Crippen LogP contribution is -2.30. The second kappa shape index (κ2) is 3.55.